The molecule has 1 aliphatic heterocycles. The summed E-state index contributed by atoms with van der Waals surface area (Å²) in [5.41, 5.74) is 4.36. The molecule has 0 amide bonds. The maximum Gasteiger partial charge on any atom is 0.338 e. The van der Waals surface area contributed by atoms with Gasteiger partial charge in [-0.15, -0.1) is 0 Å². The van der Waals surface area contributed by atoms with Crippen molar-refractivity contribution in [3.63, 3.8) is 0 Å². The lowest BCUT2D eigenvalue weighted by atomic mass is 9.81. The summed E-state index contributed by atoms with van der Waals surface area (Å²) in [6.45, 7) is 10.4. The van der Waals surface area contributed by atoms with Crippen LogP contribution in [0, 0.1) is 11.7 Å². The van der Waals surface area contributed by atoms with Crippen molar-refractivity contribution in [3.8, 4) is 11.1 Å². The van der Waals surface area contributed by atoms with Gasteiger partial charge in [0.25, 0.3) is 0 Å². The van der Waals surface area contributed by atoms with Gasteiger partial charge in [-0.3, -0.25) is 0 Å². The monoisotopic (exact) mass is 489 g/mol. The lowest BCUT2D eigenvalue weighted by Crippen LogP contribution is -2.48. The number of nitrogens with two attached hydrogens (primary N) is 1. The molecule has 184 valence electrons. The minimum atomic E-state index is -4.05. The number of esters is 1. The lowest BCUT2D eigenvalue weighted by Gasteiger charge is -2.37. The van der Waals surface area contributed by atoms with E-state index in [2.05, 4.69) is 5.43 Å². The predicted octanol–water partition coefficient (Wildman–Crippen LogP) is 4.06. The Kier molecular flexibility index (Phi) is 7.50. The average Bonchev–Trinajstić information content (AvgIpc) is 3.07. The van der Waals surface area contributed by atoms with E-state index in [1.807, 2.05) is 32.7 Å². The summed E-state index contributed by atoms with van der Waals surface area (Å²) >= 11 is 0. The van der Waals surface area contributed by atoms with Gasteiger partial charge in [0.1, 0.15) is 5.82 Å². The van der Waals surface area contributed by atoms with Crippen LogP contribution in [0.5, 0.6) is 0 Å². The lowest BCUT2D eigenvalue weighted by molar-refractivity contribution is -0.140. The Balaban J connectivity index is 2.21. The van der Waals surface area contributed by atoms with E-state index in [9.17, 15) is 13.2 Å². The summed E-state index contributed by atoms with van der Waals surface area (Å²) in [4.78, 5) is 13.0. The van der Waals surface area contributed by atoms with Crippen LogP contribution in [0.1, 0.15) is 46.6 Å². The molecule has 0 radical (unpaired) electrons. The molecule has 0 bridgehead atoms. The number of ether oxygens (including phenoxy) is 1. The highest BCUT2D eigenvalue weighted by Gasteiger charge is 2.49. The van der Waals surface area contributed by atoms with Crippen LogP contribution < -0.4 is 10.6 Å². The molecule has 9 heteroatoms. The van der Waals surface area contributed by atoms with Crippen molar-refractivity contribution < 1.29 is 22.3 Å². The van der Waals surface area contributed by atoms with Gasteiger partial charge in [-0.2, -0.15) is 0 Å². The molecular formula is C25H32FN3O4S. The predicted molar refractivity (Wildman–Crippen MR) is 129 cm³/mol. The summed E-state index contributed by atoms with van der Waals surface area (Å²) in [5.74, 6) is -1.07. The van der Waals surface area contributed by atoms with E-state index in [0.29, 0.717) is 17.7 Å². The molecule has 0 aliphatic carbocycles. The summed E-state index contributed by atoms with van der Waals surface area (Å²) in [6, 6.07) is 10.6. The molecule has 0 saturated heterocycles. The molecule has 0 aromatic heterocycles. The van der Waals surface area contributed by atoms with Gasteiger partial charge in [0.05, 0.1) is 22.6 Å². The van der Waals surface area contributed by atoms with Crippen molar-refractivity contribution in [2.75, 3.05) is 13.2 Å². The molecule has 1 atom stereocenters. The number of rotatable bonds is 8. The maximum atomic E-state index is 15.6. The first-order valence-electron chi connectivity index (χ1n) is 11.3. The Morgan fingerprint density at radius 2 is 1.85 bits per heavy atom. The zero-order chi connectivity index (χ0) is 25.3. The molecule has 0 saturated carbocycles. The number of carbonyl (C=O) groups excluding carboxylic acids is 1. The number of benzene rings is 2. The van der Waals surface area contributed by atoms with Gasteiger partial charge in [-0.05, 0) is 43.9 Å². The van der Waals surface area contributed by atoms with Crippen molar-refractivity contribution in [3.05, 3.63) is 65.1 Å². The van der Waals surface area contributed by atoms with E-state index in [-0.39, 0.29) is 28.5 Å². The van der Waals surface area contributed by atoms with Crippen LogP contribution in [-0.4, -0.2) is 32.5 Å². The number of hydrazine groups is 1. The van der Waals surface area contributed by atoms with Crippen LogP contribution in [-0.2, 0) is 25.1 Å². The zero-order valence-corrected chi connectivity index (χ0v) is 21.0. The third-order valence-corrected chi connectivity index (χ3v) is 7.04. The number of hydrogen-bond donors (Lipinski definition) is 2. The molecule has 1 aliphatic rings. The molecule has 3 N–H and O–H groups in total. The number of nitrogens with zero attached hydrogens (tertiary/aromatic N) is 1. The first-order chi connectivity index (χ1) is 16.0. The van der Waals surface area contributed by atoms with Gasteiger partial charge in [0.2, 0.25) is 10.0 Å². The average molecular weight is 490 g/mol. The van der Waals surface area contributed by atoms with Gasteiger partial charge < -0.3 is 10.2 Å². The summed E-state index contributed by atoms with van der Waals surface area (Å²) in [7, 11) is -4.05. The molecule has 3 rings (SSSR count). The van der Waals surface area contributed by atoms with E-state index >= 15 is 4.39 Å². The normalized spacial score (nSPS) is 18.9. The van der Waals surface area contributed by atoms with E-state index in [1.54, 1.807) is 19.1 Å². The largest absolute Gasteiger partial charge is 0.463 e. The number of primary sulfonamides is 1. The molecule has 0 fully saturated rings. The zero-order valence-electron chi connectivity index (χ0n) is 20.2. The summed E-state index contributed by atoms with van der Waals surface area (Å²) < 4.78 is 45.0. The standard InChI is InChI=1S/C25H32FN3O4S/c1-6-14-29-25(5,22(24(30)33-7-2)23(28-29)16(3)4)17-12-13-18(20(26)15-17)19-10-8-9-11-21(19)34(27,31)32/h8-13,15-16,28H,6-7,14H2,1-5H3,(H2,27,31,32). The number of sulfonamides is 1. The second-order valence-corrected chi connectivity index (χ2v) is 10.3. The van der Waals surface area contributed by atoms with Crippen LogP contribution >= 0.6 is 0 Å². The third-order valence-electron chi connectivity index (χ3n) is 6.07. The fourth-order valence-corrected chi connectivity index (χ4v) is 5.17. The Bertz CT molecular complexity index is 1230. The number of nitrogens with one attached hydrogen (secondary N) is 1. The van der Waals surface area contributed by atoms with Crippen LogP contribution in [0.3, 0.4) is 0 Å². The summed E-state index contributed by atoms with van der Waals surface area (Å²) in [5, 5.41) is 7.28. The fraction of sp³-hybridized carbons (Fsp3) is 0.400. The number of hydrogen-bond acceptors (Lipinski definition) is 6. The van der Waals surface area contributed by atoms with Gasteiger partial charge >= 0.3 is 5.97 Å². The number of allylic oxidation sites excluding steroid dienone is 1. The van der Waals surface area contributed by atoms with Crippen molar-refractivity contribution in [1.82, 2.24) is 10.4 Å². The molecular weight excluding hydrogens is 457 g/mol. The van der Waals surface area contributed by atoms with E-state index in [0.717, 1.165) is 12.1 Å². The quantitative estimate of drug-likeness (QED) is 0.543. The fourth-order valence-electron chi connectivity index (χ4n) is 4.42. The van der Waals surface area contributed by atoms with Gasteiger partial charge in [0.15, 0.2) is 0 Å². The molecule has 1 unspecified atom stereocenters. The van der Waals surface area contributed by atoms with Crippen LogP contribution in [0.25, 0.3) is 11.1 Å². The van der Waals surface area contributed by atoms with E-state index in [4.69, 9.17) is 9.88 Å². The molecule has 2 aromatic carbocycles. The first-order valence-corrected chi connectivity index (χ1v) is 12.9. The van der Waals surface area contributed by atoms with Crippen molar-refractivity contribution >= 4 is 16.0 Å². The van der Waals surface area contributed by atoms with Gasteiger partial charge in [0, 0.05) is 23.4 Å². The minimum absolute atomic E-state index is 0.00588. The van der Waals surface area contributed by atoms with E-state index < -0.39 is 27.3 Å². The number of carbonyl (C=O) groups is 1. The van der Waals surface area contributed by atoms with Crippen LogP contribution in [0.4, 0.5) is 4.39 Å². The Morgan fingerprint density at radius 1 is 1.18 bits per heavy atom. The first kappa shape index (κ1) is 25.9. The Morgan fingerprint density at radius 3 is 2.41 bits per heavy atom. The topological polar surface area (TPSA) is 102 Å². The maximum absolute atomic E-state index is 15.6. The second kappa shape index (κ2) is 9.85. The second-order valence-electron chi connectivity index (χ2n) is 8.74. The highest BCUT2D eigenvalue weighted by atomic mass is 32.2. The van der Waals surface area contributed by atoms with Crippen molar-refractivity contribution in [1.29, 1.82) is 0 Å². The molecule has 0 spiro atoms. The highest BCUT2D eigenvalue weighted by Crippen LogP contribution is 2.44. The van der Waals surface area contributed by atoms with Crippen molar-refractivity contribution in [2.45, 2.75) is 51.5 Å². The molecule has 34 heavy (non-hydrogen) atoms. The third kappa shape index (κ3) is 4.60. The van der Waals surface area contributed by atoms with Crippen molar-refractivity contribution in [2.24, 2.45) is 11.1 Å². The Labute approximate surface area is 200 Å². The molecule has 1 heterocycles. The molecule has 2 aromatic rings. The minimum Gasteiger partial charge on any atom is -0.463 e. The van der Waals surface area contributed by atoms with Crippen LogP contribution in [0.2, 0.25) is 0 Å². The SMILES string of the molecule is CCCN1NC(C(C)C)=C(C(=O)OCC)C1(C)c1ccc(-c2ccccc2S(N)(=O)=O)c(F)c1. The van der Waals surface area contributed by atoms with Crippen LogP contribution in [0.15, 0.2) is 58.6 Å². The van der Waals surface area contributed by atoms with Gasteiger partial charge in [-0.1, -0.05) is 51.1 Å². The highest BCUT2D eigenvalue weighted by molar-refractivity contribution is 7.89. The van der Waals surface area contributed by atoms with E-state index in [1.165, 1.54) is 30.3 Å². The summed E-state index contributed by atoms with van der Waals surface area (Å²) in [6.07, 6.45) is 0.798. The Hall–Kier alpha value is -2.75. The molecule has 7 nitrogen and oxygen atoms in total. The van der Waals surface area contributed by atoms with Gasteiger partial charge in [-0.25, -0.2) is 27.8 Å². The smallest absolute Gasteiger partial charge is 0.338 e. The number of halogens is 1.